The van der Waals surface area contributed by atoms with E-state index in [4.69, 9.17) is 0 Å². The van der Waals surface area contributed by atoms with Crippen molar-refractivity contribution >= 4 is 5.78 Å². The van der Waals surface area contributed by atoms with Gasteiger partial charge in [0.1, 0.15) is 0 Å². The molecule has 0 amide bonds. The predicted octanol–water partition coefficient (Wildman–Crippen LogP) is 2.55. The van der Waals surface area contributed by atoms with Gasteiger partial charge in [-0.25, -0.2) is 0 Å². The fourth-order valence-corrected chi connectivity index (χ4v) is 2.09. The normalized spacial score (nSPS) is 21.3. The predicted molar refractivity (Wildman–Crippen MR) is 59.4 cm³/mol. The van der Waals surface area contributed by atoms with Crippen LogP contribution in [0.15, 0.2) is 36.2 Å². The second kappa shape index (κ2) is 4.39. The number of rotatable bonds is 2. The van der Waals surface area contributed by atoms with Gasteiger partial charge in [-0.05, 0) is 42.5 Å². The van der Waals surface area contributed by atoms with Crippen LogP contribution in [0, 0.1) is 5.92 Å². The Labute approximate surface area is 90.0 Å². The van der Waals surface area contributed by atoms with Gasteiger partial charge in [0.2, 0.25) is 0 Å². The van der Waals surface area contributed by atoms with E-state index in [1.807, 2.05) is 18.2 Å². The van der Waals surface area contributed by atoms with Crippen LogP contribution in [-0.4, -0.2) is 10.8 Å². The third kappa shape index (κ3) is 2.75. The Morgan fingerprint density at radius 2 is 2.07 bits per heavy atom. The number of carbonyl (C=O) groups is 1. The monoisotopic (exact) mass is 201 g/mol. The summed E-state index contributed by atoms with van der Waals surface area (Å²) in [4.78, 5) is 15.4. The number of hydrogen-bond donors (Lipinski definition) is 0. The first-order valence-electron chi connectivity index (χ1n) is 5.35. The topological polar surface area (TPSA) is 30.0 Å². The van der Waals surface area contributed by atoms with E-state index >= 15 is 0 Å². The van der Waals surface area contributed by atoms with Crippen molar-refractivity contribution in [3.63, 3.8) is 0 Å². The van der Waals surface area contributed by atoms with Gasteiger partial charge in [0.25, 0.3) is 0 Å². The smallest absolute Gasteiger partial charge is 0.155 e. The first-order valence-corrected chi connectivity index (χ1v) is 5.35. The highest BCUT2D eigenvalue weighted by Crippen LogP contribution is 2.23. The van der Waals surface area contributed by atoms with E-state index in [0.29, 0.717) is 12.3 Å². The van der Waals surface area contributed by atoms with Gasteiger partial charge in [-0.3, -0.25) is 9.78 Å². The molecule has 0 N–H and O–H groups in total. The second-order valence-corrected chi connectivity index (χ2v) is 4.31. The van der Waals surface area contributed by atoms with Crippen molar-refractivity contribution in [2.45, 2.75) is 26.2 Å². The summed E-state index contributed by atoms with van der Waals surface area (Å²) >= 11 is 0. The number of nitrogens with zero attached hydrogens (tertiary/aromatic N) is 1. The van der Waals surface area contributed by atoms with Crippen LogP contribution in [0.4, 0.5) is 0 Å². The number of pyridine rings is 1. The molecule has 2 heteroatoms. The lowest BCUT2D eigenvalue weighted by Crippen LogP contribution is -2.12. The van der Waals surface area contributed by atoms with E-state index in [1.54, 1.807) is 12.4 Å². The molecule has 1 aliphatic carbocycles. The highest BCUT2D eigenvalue weighted by atomic mass is 16.1. The lowest BCUT2D eigenvalue weighted by Gasteiger charge is -2.18. The maximum Gasteiger partial charge on any atom is 0.155 e. The van der Waals surface area contributed by atoms with Crippen molar-refractivity contribution < 1.29 is 4.79 Å². The number of carbonyl (C=O) groups excluding carboxylic acids is 1. The quantitative estimate of drug-likeness (QED) is 0.736. The zero-order valence-electron chi connectivity index (χ0n) is 8.94. The van der Waals surface area contributed by atoms with E-state index < -0.39 is 0 Å². The Hall–Kier alpha value is -1.44. The molecule has 1 heterocycles. The van der Waals surface area contributed by atoms with Crippen molar-refractivity contribution in [1.82, 2.24) is 4.98 Å². The van der Waals surface area contributed by atoms with Crippen molar-refractivity contribution in [1.29, 1.82) is 0 Å². The van der Waals surface area contributed by atoms with Gasteiger partial charge in [0, 0.05) is 18.8 Å². The molecule has 1 atom stereocenters. The molecule has 0 spiro atoms. The summed E-state index contributed by atoms with van der Waals surface area (Å²) in [6.07, 6.45) is 8.06. The standard InChI is InChI=1S/C13H15NO/c1-10-6-12(9-13(15)7-10)8-11-2-4-14-5-3-11/h2-5,9-10H,6-8H2,1H3. The highest BCUT2D eigenvalue weighted by molar-refractivity contribution is 5.91. The molecule has 0 radical (unpaired) electrons. The Kier molecular flexibility index (Phi) is 2.95. The van der Waals surface area contributed by atoms with Crippen LogP contribution in [0.5, 0.6) is 0 Å². The van der Waals surface area contributed by atoms with Gasteiger partial charge in [-0.2, -0.15) is 0 Å². The van der Waals surface area contributed by atoms with Gasteiger partial charge < -0.3 is 0 Å². The molecule has 0 saturated heterocycles. The molecule has 0 fully saturated rings. The van der Waals surface area contributed by atoms with Gasteiger partial charge in [-0.15, -0.1) is 0 Å². The summed E-state index contributed by atoms with van der Waals surface area (Å²) in [6.45, 7) is 2.14. The van der Waals surface area contributed by atoms with Gasteiger partial charge >= 0.3 is 0 Å². The van der Waals surface area contributed by atoms with Crippen LogP contribution in [0.25, 0.3) is 0 Å². The number of aromatic nitrogens is 1. The molecule has 1 unspecified atom stereocenters. The zero-order chi connectivity index (χ0) is 10.7. The molecule has 0 aromatic carbocycles. The fourth-order valence-electron chi connectivity index (χ4n) is 2.09. The first-order chi connectivity index (χ1) is 7.24. The molecule has 2 nitrogen and oxygen atoms in total. The van der Waals surface area contributed by atoms with Crippen molar-refractivity contribution in [3.05, 3.63) is 41.7 Å². The van der Waals surface area contributed by atoms with E-state index in [1.165, 1.54) is 11.1 Å². The van der Waals surface area contributed by atoms with Crippen LogP contribution in [0.3, 0.4) is 0 Å². The molecule has 0 saturated carbocycles. The summed E-state index contributed by atoms with van der Waals surface area (Å²) in [5.41, 5.74) is 2.49. The fraction of sp³-hybridized carbons (Fsp3) is 0.385. The molecule has 1 aromatic rings. The third-order valence-corrected chi connectivity index (χ3v) is 2.71. The Bertz CT molecular complexity index is 381. The summed E-state index contributed by atoms with van der Waals surface area (Å²) in [5.74, 6) is 0.775. The second-order valence-electron chi connectivity index (χ2n) is 4.31. The molecule has 1 aromatic heterocycles. The zero-order valence-corrected chi connectivity index (χ0v) is 8.94. The summed E-state index contributed by atoms with van der Waals surface area (Å²) in [5, 5.41) is 0. The van der Waals surface area contributed by atoms with Crippen LogP contribution in [0.2, 0.25) is 0 Å². The van der Waals surface area contributed by atoms with Crippen LogP contribution >= 0.6 is 0 Å². The third-order valence-electron chi connectivity index (χ3n) is 2.71. The maximum absolute atomic E-state index is 11.4. The lowest BCUT2D eigenvalue weighted by atomic mass is 9.87. The van der Waals surface area contributed by atoms with Crippen molar-refractivity contribution in [2.75, 3.05) is 0 Å². The molecule has 2 rings (SSSR count). The lowest BCUT2D eigenvalue weighted by molar-refractivity contribution is -0.115. The Morgan fingerprint density at radius 1 is 1.33 bits per heavy atom. The van der Waals surface area contributed by atoms with Crippen LogP contribution < -0.4 is 0 Å². The minimum Gasteiger partial charge on any atom is -0.295 e. The first kappa shape index (κ1) is 10.1. The van der Waals surface area contributed by atoms with Crippen molar-refractivity contribution in [2.24, 2.45) is 5.92 Å². The average Bonchev–Trinajstić information content (AvgIpc) is 2.17. The van der Waals surface area contributed by atoms with Gasteiger partial charge in [0.05, 0.1) is 0 Å². The summed E-state index contributed by atoms with van der Waals surface area (Å²) in [7, 11) is 0. The molecular weight excluding hydrogens is 186 g/mol. The largest absolute Gasteiger partial charge is 0.295 e. The van der Waals surface area contributed by atoms with Crippen molar-refractivity contribution in [3.8, 4) is 0 Å². The molecule has 0 bridgehead atoms. The van der Waals surface area contributed by atoms with Gasteiger partial charge in [-0.1, -0.05) is 12.5 Å². The molecular formula is C13H15NO. The summed E-state index contributed by atoms with van der Waals surface area (Å²) in [6, 6.07) is 4.01. The minimum absolute atomic E-state index is 0.276. The average molecular weight is 201 g/mol. The van der Waals surface area contributed by atoms with Crippen LogP contribution in [-0.2, 0) is 11.2 Å². The molecule has 15 heavy (non-hydrogen) atoms. The minimum atomic E-state index is 0.276. The number of hydrogen-bond acceptors (Lipinski definition) is 2. The molecule has 1 aliphatic rings. The summed E-state index contributed by atoms with van der Waals surface area (Å²) < 4.78 is 0. The van der Waals surface area contributed by atoms with E-state index in [2.05, 4.69) is 11.9 Å². The SMILES string of the molecule is CC1CC(=O)C=C(Cc2ccncc2)C1. The van der Waals surface area contributed by atoms with E-state index in [0.717, 1.165) is 12.8 Å². The number of ketones is 1. The maximum atomic E-state index is 11.4. The molecule has 0 aliphatic heterocycles. The van der Waals surface area contributed by atoms with E-state index in [-0.39, 0.29) is 5.78 Å². The van der Waals surface area contributed by atoms with E-state index in [9.17, 15) is 4.79 Å². The van der Waals surface area contributed by atoms with Crippen LogP contribution in [0.1, 0.15) is 25.3 Å². The highest BCUT2D eigenvalue weighted by Gasteiger charge is 2.16. The Morgan fingerprint density at radius 3 is 2.73 bits per heavy atom. The Balaban J connectivity index is 2.09. The van der Waals surface area contributed by atoms with Gasteiger partial charge in [0.15, 0.2) is 5.78 Å². The number of allylic oxidation sites excluding steroid dienone is 2. The molecule has 78 valence electrons.